The summed E-state index contributed by atoms with van der Waals surface area (Å²) in [5, 5.41) is 12.1. The number of oxime groups is 1. The monoisotopic (exact) mass is 299 g/mol. The zero-order valence-corrected chi connectivity index (χ0v) is 11.6. The lowest BCUT2D eigenvalue weighted by Crippen LogP contribution is -2.27. The lowest BCUT2D eigenvalue weighted by Gasteiger charge is -2.21. The third-order valence-corrected chi connectivity index (χ3v) is 4.11. The maximum Gasteiger partial charge on any atom is 0.221 e. The molecule has 0 radical (unpaired) electrons. The van der Waals surface area contributed by atoms with Crippen molar-refractivity contribution in [3.8, 4) is 0 Å². The van der Waals surface area contributed by atoms with Gasteiger partial charge in [-0.1, -0.05) is 27.7 Å². The number of halogens is 1. The second kappa shape index (κ2) is 6.63. The van der Waals surface area contributed by atoms with Gasteiger partial charge in [-0.2, -0.15) is 0 Å². The Balaban J connectivity index is 4.24. The topological polar surface area (TPSA) is 41.8 Å². The Labute approximate surface area is 102 Å². The van der Waals surface area contributed by atoms with Gasteiger partial charge < -0.3 is 9.94 Å². The molecule has 0 aliphatic rings. The van der Waals surface area contributed by atoms with Crippen molar-refractivity contribution < 1.29 is 9.94 Å². The molecular weight excluding hydrogens is 286 g/mol. The van der Waals surface area contributed by atoms with Crippen LogP contribution in [-0.4, -0.2) is 32.0 Å². The Morgan fingerprint density at radius 2 is 2.36 bits per heavy atom. The highest BCUT2D eigenvalue weighted by Crippen LogP contribution is 2.27. The standard InChI is InChI=1S/C8H14BrNO2S2/c1-6(2)12-7(13)14-8(3,4-9)5-10-11/h5-6,11H,4H2,1-3H3/b10-5+. The molecule has 0 rings (SSSR count). The number of alkyl halides is 1. The third kappa shape index (κ3) is 5.82. The summed E-state index contributed by atoms with van der Waals surface area (Å²) in [7, 11) is 0. The summed E-state index contributed by atoms with van der Waals surface area (Å²) in [4.78, 5) is 0. The zero-order valence-electron chi connectivity index (χ0n) is 8.36. The molecule has 3 nitrogen and oxygen atoms in total. The maximum atomic E-state index is 8.48. The van der Waals surface area contributed by atoms with Crippen molar-refractivity contribution in [2.75, 3.05) is 5.33 Å². The minimum atomic E-state index is -0.374. The largest absolute Gasteiger partial charge is 0.476 e. The van der Waals surface area contributed by atoms with Crippen LogP contribution in [0.3, 0.4) is 0 Å². The van der Waals surface area contributed by atoms with Crippen LogP contribution in [0, 0.1) is 0 Å². The van der Waals surface area contributed by atoms with Crippen molar-refractivity contribution >= 4 is 50.5 Å². The Bertz CT molecular complexity index is 223. The van der Waals surface area contributed by atoms with Crippen LogP contribution in [0.2, 0.25) is 0 Å². The number of thioether (sulfide) groups is 1. The first kappa shape index (κ1) is 14.2. The summed E-state index contributed by atoms with van der Waals surface area (Å²) < 4.78 is 5.41. The van der Waals surface area contributed by atoms with Crippen molar-refractivity contribution in [1.82, 2.24) is 0 Å². The highest BCUT2D eigenvalue weighted by molar-refractivity contribution is 9.09. The molecule has 1 N–H and O–H groups in total. The third-order valence-electron chi connectivity index (χ3n) is 1.24. The molecule has 0 saturated heterocycles. The zero-order chi connectivity index (χ0) is 11.2. The molecule has 0 aliphatic carbocycles. The SMILES string of the molecule is CC(C)OC(=S)SC(C)(/C=N/O)CBr. The average molecular weight is 300 g/mol. The molecule has 0 fully saturated rings. The van der Waals surface area contributed by atoms with E-state index in [-0.39, 0.29) is 10.9 Å². The summed E-state index contributed by atoms with van der Waals surface area (Å²) in [5.41, 5.74) is 0. The molecule has 14 heavy (non-hydrogen) atoms. The molecule has 0 saturated carbocycles. The quantitative estimate of drug-likeness (QED) is 0.285. The van der Waals surface area contributed by atoms with Gasteiger partial charge in [0.25, 0.3) is 0 Å². The van der Waals surface area contributed by atoms with Gasteiger partial charge in [-0.05, 0) is 33.0 Å². The maximum absolute atomic E-state index is 8.48. The number of hydrogen-bond donors (Lipinski definition) is 1. The van der Waals surface area contributed by atoms with E-state index in [9.17, 15) is 0 Å². The van der Waals surface area contributed by atoms with E-state index in [1.54, 1.807) is 0 Å². The number of ether oxygens (including phenoxy) is 1. The fraction of sp³-hybridized carbons (Fsp3) is 0.750. The molecular formula is C8H14BrNO2S2. The first-order valence-electron chi connectivity index (χ1n) is 4.07. The molecule has 1 atom stereocenters. The molecule has 0 aliphatic heterocycles. The van der Waals surface area contributed by atoms with Crippen molar-refractivity contribution in [1.29, 1.82) is 0 Å². The fourth-order valence-electron chi connectivity index (χ4n) is 0.617. The Hall–Kier alpha value is 0.190. The molecule has 0 amide bonds. The normalized spacial score (nSPS) is 15.8. The molecule has 0 heterocycles. The summed E-state index contributed by atoms with van der Waals surface area (Å²) in [5.74, 6) is 0. The number of rotatable bonds is 4. The van der Waals surface area contributed by atoms with E-state index in [2.05, 4.69) is 21.1 Å². The predicted octanol–water partition coefficient (Wildman–Crippen LogP) is 3.04. The van der Waals surface area contributed by atoms with Gasteiger partial charge in [0, 0.05) is 5.33 Å². The first-order chi connectivity index (χ1) is 6.43. The summed E-state index contributed by atoms with van der Waals surface area (Å²) in [6.45, 7) is 5.74. The van der Waals surface area contributed by atoms with E-state index in [1.165, 1.54) is 18.0 Å². The van der Waals surface area contributed by atoms with Crippen molar-refractivity contribution in [2.24, 2.45) is 5.16 Å². The van der Waals surface area contributed by atoms with Crippen molar-refractivity contribution in [3.05, 3.63) is 0 Å². The molecule has 1 unspecified atom stereocenters. The van der Waals surface area contributed by atoms with Crippen molar-refractivity contribution in [3.63, 3.8) is 0 Å². The second-order valence-electron chi connectivity index (χ2n) is 3.21. The highest BCUT2D eigenvalue weighted by Gasteiger charge is 2.25. The lowest BCUT2D eigenvalue weighted by atomic mass is 10.2. The van der Waals surface area contributed by atoms with Gasteiger partial charge in [-0.3, -0.25) is 0 Å². The summed E-state index contributed by atoms with van der Waals surface area (Å²) in [6.07, 6.45) is 1.50. The van der Waals surface area contributed by atoms with Crippen molar-refractivity contribution in [2.45, 2.75) is 31.6 Å². The van der Waals surface area contributed by atoms with Crippen LogP contribution in [0.1, 0.15) is 20.8 Å². The Morgan fingerprint density at radius 3 is 2.71 bits per heavy atom. The predicted molar refractivity (Wildman–Crippen MR) is 68.9 cm³/mol. The molecule has 0 bridgehead atoms. The molecule has 6 heteroatoms. The summed E-state index contributed by atoms with van der Waals surface area (Å²) in [6, 6.07) is 0. The van der Waals surface area contributed by atoms with Gasteiger partial charge >= 0.3 is 0 Å². The molecule has 82 valence electrons. The van der Waals surface area contributed by atoms with Gasteiger partial charge in [-0.15, -0.1) is 5.16 Å². The minimum Gasteiger partial charge on any atom is -0.476 e. The van der Waals surface area contributed by atoms with E-state index in [4.69, 9.17) is 22.2 Å². The van der Waals surface area contributed by atoms with Crippen LogP contribution >= 0.6 is 39.9 Å². The second-order valence-corrected chi connectivity index (χ2v) is 5.91. The van der Waals surface area contributed by atoms with Crippen LogP contribution in [0.25, 0.3) is 0 Å². The molecule has 0 spiro atoms. The molecule has 0 aromatic heterocycles. The van der Waals surface area contributed by atoms with Gasteiger partial charge in [0.1, 0.15) is 0 Å². The minimum absolute atomic E-state index is 0.0700. The molecule has 0 aromatic carbocycles. The van der Waals surface area contributed by atoms with E-state index in [0.29, 0.717) is 9.71 Å². The van der Waals surface area contributed by atoms with Gasteiger partial charge in [0.05, 0.1) is 17.1 Å². The van der Waals surface area contributed by atoms with Crippen LogP contribution in [-0.2, 0) is 4.74 Å². The number of hydrogen-bond acceptors (Lipinski definition) is 5. The van der Waals surface area contributed by atoms with E-state index >= 15 is 0 Å². The van der Waals surface area contributed by atoms with Crippen LogP contribution in [0.5, 0.6) is 0 Å². The van der Waals surface area contributed by atoms with Gasteiger partial charge in [0.2, 0.25) is 4.38 Å². The average Bonchev–Trinajstić information content (AvgIpc) is 2.02. The Morgan fingerprint density at radius 1 is 1.79 bits per heavy atom. The lowest BCUT2D eigenvalue weighted by molar-refractivity contribution is 0.243. The van der Waals surface area contributed by atoms with Crippen LogP contribution in [0.4, 0.5) is 0 Å². The number of nitrogens with zero attached hydrogens (tertiary/aromatic N) is 1. The smallest absolute Gasteiger partial charge is 0.221 e. The molecule has 0 aromatic rings. The number of thiocarbonyl (C=S) groups is 1. The Kier molecular flexibility index (Phi) is 6.72. The fourth-order valence-corrected chi connectivity index (χ4v) is 2.64. The van der Waals surface area contributed by atoms with Gasteiger partial charge in [0.15, 0.2) is 0 Å². The van der Waals surface area contributed by atoms with E-state index in [0.717, 1.165) is 0 Å². The van der Waals surface area contributed by atoms with E-state index in [1.807, 2.05) is 20.8 Å². The van der Waals surface area contributed by atoms with Gasteiger partial charge in [-0.25, -0.2) is 0 Å². The van der Waals surface area contributed by atoms with Crippen LogP contribution < -0.4 is 0 Å². The van der Waals surface area contributed by atoms with E-state index < -0.39 is 0 Å². The first-order valence-corrected chi connectivity index (χ1v) is 6.42. The summed E-state index contributed by atoms with van der Waals surface area (Å²) >= 11 is 9.72. The van der Waals surface area contributed by atoms with Crippen LogP contribution in [0.15, 0.2) is 5.16 Å². The highest BCUT2D eigenvalue weighted by atomic mass is 79.9.